The van der Waals surface area contributed by atoms with Crippen LogP contribution in [0.1, 0.15) is 30.4 Å². The first-order valence-corrected chi connectivity index (χ1v) is 8.85. The van der Waals surface area contributed by atoms with Gasteiger partial charge in [0.05, 0.1) is 13.7 Å². The van der Waals surface area contributed by atoms with E-state index in [0.29, 0.717) is 17.7 Å². The zero-order chi connectivity index (χ0) is 19.4. The Morgan fingerprint density at radius 3 is 2.67 bits per heavy atom. The third-order valence-corrected chi connectivity index (χ3v) is 4.74. The lowest BCUT2D eigenvalue weighted by Gasteiger charge is -2.30. The number of esters is 1. The number of ketones is 1. The van der Waals surface area contributed by atoms with Crippen LogP contribution in [-0.4, -0.2) is 25.5 Å². The molecule has 1 aliphatic rings. The highest BCUT2D eigenvalue weighted by molar-refractivity contribution is 6.11. The van der Waals surface area contributed by atoms with Crippen LogP contribution < -0.4 is 4.74 Å². The van der Waals surface area contributed by atoms with Crippen molar-refractivity contribution in [2.45, 2.75) is 19.3 Å². The van der Waals surface area contributed by atoms with Gasteiger partial charge in [-0.15, -0.1) is 0 Å². The van der Waals surface area contributed by atoms with E-state index in [1.165, 1.54) is 18.2 Å². The van der Waals surface area contributed by atoms with Crippen LogP contribution in [0.15, 0.2) is 54.6 Å². The number of allylic oxidation sites excluding steroid dienone is 2. The Balaban J connectivity index is 2.07. The van der Waals surface area contributed by atoms with Gasteiger partial charge < -0.3 is 9.47 Å². The van der Waals surface area contributed by atoms with Gasteiger partial charge in [0.2, 0.25) is 0 Å². The molecule has 2 unspecified atom stereocenters. The predicted octanol–water partition coefficient (Wildman–Crippen LogP) is 4.15. The fraction of sp³-hybridized carbons (Fsp3) is 0.273. The van der Waals surface area contributed by atoms with Gasteiger partial charge in [-0.2, -0.15) is 0 Å². The highest BCUT2D eigenvalue weighted by atomic mass is 19.1. The first-order valence-electron chi connectivity index (χ1n) is 8.85. The summed E-state index contributed by atoms with van der Waals surface area (Å²) >= 11 is 0. The van der Waals surface area contributed by atoms with Gasteiger partial charge >= 0.3 is 5.97 Å². The Bertz CT molecular complexity index is 887. The molecule has 0 radical (unpaired) electrons. The quantitative estimate of drug-likeness (QED) is 0.588. The SMILES string of the molecule is CCOC(=O)C1C(=O)C=C(c2ccccc2OC)CC1c1cccc(F)c1. The minimum atomic E-state index is -0.981. The van der Waals surface area contributed by atoms with E-state index >= 15 is 0 Å². The molecular formula is C22H21FO4. The van der Waals surface area contributed by atoms with Crippen molar-refractivity contribution in [2.75, 3.05) is 13.7 Å². The lowest BCUT2D eigenvalue weighted by Crippen LogP contribution is -2.34. The minimum Gasteiger partial charge on any atom is -0.496 e. The standard InChI is InChI=1S/C22H21FO4/c1-3-27-22(25)21-18(14-7-6-8-16(23)11-14)12-15(13-19(21)24)17-9-4-5-10-20(17)26-2/h4-11,13,18,21H,3,12H2,1-2H3. The number of halogens is 1. The van der Waals surface area contributed by atoms with E-state index in [2.05, 4.69) is 0 Å². The van der Waals surface area contributed by atoms with Crippen LogP contribution in [0.5, 0.6) is 5.75 Å². The Hall–Kier alpha value is -2.95. The molecule has 27 heavy (non-hydrogen) atoms. The summed E-state index contributed by atoms with van der Waals surface area (Å²) < 4.78 is 24.3. The number of benzene rings is 2. The molecule has 0 aliphatic heterocycles. The molecule has 0 saturated carbocycles. The lowest BCUT2D eigenvalue weighted by molar-refractivity contribution is -0.151. The highest BCUT2D eigenvalue weighted by Gasteiger charge is 2.40. The number of hydrogen-bond acceptors (Lipinski definition) is 4. The summed E-state index contributed by atoms with van der Waals surface area (Å²) in [5.41, 5.74) is 2.14. The van der Waals surface area contributed by atoms with Crippen molar-refractivity contribution in [1.82, 2.24) is 0 Å². The van der Waals surface area contributed by atoms with E-state index in [-0.39, 0.29) is 12.4 Å². The number of para-hydroxylation sites is 1. The summed E-state index contributed by atoms with van der Waals surface area (Å²) in [6, 6.07) is 13.4. The Morgan fingerprint density at radius 2 is 1.96 bits per heavy atom. The molecule has 2 aromatic carbocycles. The average Bonchev–Trinajstić information content (AvgIpc) is 2.67. The predicted molar refractivity (Wildman–Crippen MR) is 99.9 cm³/mol. The van der Waals surface area contributed by atoms with Gasteiger partial charge in [0.15, 0.2) is 5.78 Å². The van der Waals surface area contributed by atoms with Gasteiger partial charge in [0.25, 0.3) is 0 Å². The Kier molecular flexibility index (Phi) is 5.69. The van der Waals surface area contributed by atoms with Crippen molar-refractivity contribution in [3.8, 4) is 5.75 Å². The van der Waals surface area contributed by atoms with Crippen molar-refractivity contribution in [3.05, 3.63) is 71.6 Å². The third kappa shape index (κ3) is 3.92. The molecule has 0 spiro atoms. The summed E-state index contributed by atoms with van der Waals surface area (Å²) in [4.78, 5) is 25.3. The monoisotopic (exact) mass is 368 g/mol. The summed E-state index contributed by atoms with van der Waals surface area (Å²) in [5, 5.41) is 0. The molecule has 1 aliphatic carbocycles. The molecule has 0 bridgehead atoms. The van der Waals surface area contributed by atoms with Crippen molar-refractivity contribution in [2.24, 2.45) is 5.92 Å². The molecule has 3 rings (SSSR count). The molecular weight excluding hydrogens is 347 g/mol. The molecule has 0 aromatic heterocycles. The molecule has 0 N–H and O–H groups in total. The molecule has 140 valence electrons. The van der Waals surface area contributed by atoms with Gasteiger partial charge in [-0.05, 0) is 48.8 Å². The van der Waals surface area contributed by atoms with Gasteiger partial charge in [-0.3, -0.25) is 9.59 Å². The van der Waals surface area contributed by atoms with Gasteiger partial charge in [0.1, 0.15) is 17.5 Å². The number of rotatable bonds is 5. The Morgan fingerprint density at radius 1 is 1.19 bits per heavy atom. The van der Waals surface area contributed by atoms with E-state index in [4.69, 9.17) is 9.47 Å². The normalized spacial score (nSPS) is 19.4. The zero-order valence-corrected chi connectivity index (χ0v) is 15.3. The number of carbonyl (C=O) groups is 2. The average molecular weight is 368 g/mol. The number of methoxy groups -OCH3 is 1. The lowest BCUT2D eigenvalue weighted by atomic mass is 9.73. The summed E-state index contributed by atoms with van der Waals surface area (Å²) in [5.74, 6) is -2.16. The first kappa shape index (κ1) is 18.8. The molecule has 4 nitrogen and oxygen atoms in total. The van der Waals surface area contributed by atoms with Crippen molar-refractivity contribution < 1.29 is 23.5 Å². The Labute approximate surface area is 157 Å². The van der Waals surface area contributed by atoms with Crippen LogP contribution in [0.25, 0.3) is 5.57 Å². The van der Waals surface area contributed by atoms with Crippen LogP contribution in [-0.2, 0) is 14.3 Å². The minimum absolute atomic E-state index is 0.182. The molecule has 0 fully saturated rings. The van der Waals surface area contributed by atoms with E-state index in [0.717, 1.165) is 11.1 Å². The van der Waals surface area contributed by atoms with E-state index in [9.17, 15) is 14.0 Å². The third-order valence-electron chi connectivity index (χ3n) is 4.74. The van der Waals surface area contributed by atoms with E-state index in [1.807, 2.05) is 24.3 Å². The maximum Gasteiger partial charge on any atom is 0.317 e. The van der Waals surface area contributed by atoms with Crippen LogP contribution in [0.3, 0.4) is 0 Å². The number of carbonyl (C=O) groups excluding carboxylic acids is 2. The second-order valence-electron chi connectivity index (χ2n) is 6.37. The van der Waals surface area contributed by atoms with Crippen molar-refractivity contribution >= 4 is 17.3 Å². The van der Waals surface area contributed by atoms with Crippen LogP contribution in [0.4, 0.5) is 4.39 Å². The largest absolute Gasteiger partial charge is 0.496 e. The molecule has 2 aromatic rings. The van der Waals surface area contributed by atoms with E-state index < -0.39 is 23.6 Å². The molecule has 0 saturated heterocycles. The fourth-order valence-corrected chi connectivity index (χ4v) is 3.53. The van der Waals surface area contributed by atoms with Crippen molar-refractivity contribution in [1.29, 1.82) is 0 Å². The summed E-state index contributed by atoms with van der Waals surface area (Å²) in [7, 11) is 1.56. The topological polar surface area (TPSA) is 52.6 Å². The number of ether oxygens (including phenoxy) is 2. The maximum absolute atomic E-state index is 13.8. The second kappa shape index (κ2) is 8.16. The second-order valence-corrected chi connectivity index (χ2v) is 6.37. The highest BCUT2D eigenvalue weighted by Crippen LogP contribution is 2.42. The maximum atomic E-state index is 13.8. The molecule has 0 amide bonds. The van der Waals surface area contributed by atoms with Gasteiger partial charge in [-0.25, -0.2) is 4.39 Å². The van der Waals surface area contributed by atoms with Crippen LogP contribution in [0, 0.1) is 11.7 Å². The summed E-state index contributed by atoms with van der Waals surface area (Å²) in [6.07, 6.45) is 1.88. The first-order chi connectivity index (χ1) is 13.0. The fourth-order valence-electron chi connectivity index (χ4n) is 3.53. The van der Waals surface area contributed by atoms with Crippen LogP contribution in [0.2, 0.25) is 0 Å². The van der Waals surface area contributed by atoms with Crippen LogP contribution >= 0.6 is 0 Å². The van der Waals surface area contributed by atoms with Gasteiger partial charge in [0, 0.05) is 11.5 Å². The molecule has 2 atom stereocenters. The zero-order valence-electron chi connectivity index (χ0n) is 15.3. The van der Waals surface area contributed by atoms with Crippen molar-refractivity contribution in [3.63, 3.8) is 0 Å². The van der Waals surface area contributed by atoms with E-state index in [1.54, 1.807) is 26.2 Å². The number of hydrogen-bond donors (Lipinski definition) is 0. The smallest absolute Gasteiger partial charge is 0.317 e. The van der Waals surface area contributed by atoms with Gasteiger partial charge in [-0.1, -0.05) is 30.3 Å². The summed E-state index contributed by atoms with van der Waals surface area (Å²) in [6.45, 7) is 1.88. The molecule has 5 heteroatoms. The molecule has 0 heterocycles.